The number of aromatic nitrogens is 1. The van der Waals surface area contributed by atoms with E-state index in [4.69, 9.17) is 0 Å². The van der Waals surface area contributed by atoms with Crippen molar-refractivity contribution in [3.8, 4) is 0 Å². The Morgan fingerprint density at radius 2 is 1.60 bits per heavy atom. The SMILES string of the molecule is CC(=O)Nc1ccc(NC(=O)c2cccnc2N2CCCCC2)cc1. The Bertz CT molecular complexity index is 752. The van der Waals surface area contributed by atoms with Crippen LogP contribution < -0.4 is 15.5 Å². The first-order chi connectivity index (χ1) is 12.1. The molecule has 2 aromatic rings. The molecule has 1 aromatic heterocycles. The van der Waals surface area contributed by atoms with E-state index in [-0.39, 0.29) is 11.8 Å². The van der Waals surface area contributed by atoms with Crippen molar-refractivity contribution in [2.45, 2.75) is 26.2 Å². The molecule has 0 saturated carbocycles. The molecule has 2 amide bonds. The van der Waals surface area contributed by atoms with E-state index >= 15 is 0 Å². The van der Waals surface area contributed by atoms with Crippen LogP contribution in [0, 0.1) is 0 Å². The van der Waals surface area contributed by atoms with Gasteiger partial charge in [-0.15, -0.1) is 0 Å². The number of anilines is 3. The topological polar surface area (TPSA) is 74.3 Å². The van der Waals surface area contributed by atoms with Gasteiger partial charge in [0.05, 0.1) is 5.56 Å². The molecular formula is C19H22N4O2. The van der Waals surface area contributed by atoms with Gasteiger partial charge in [0, 0.05) is 37.6 Å². The Hall–Kier alpha value is -2.89. The van der Waals surface area contributed by atoms with Gasteiger partial charge in [-0.3, -0.25) is 9.59 Å². The molecule has 1 aromatic carbocycles. The molecular weight excluding hydrogens is 316 g/mol. The summed E-state index contributed by atoms with van der Waals surface area (Å²) in [5.74, 6) is 0.439. The largest absolute Gasteiger partial charge is 0.356 e. The lowest BCUT2D eigenvalue weighted by Gasteiger charge is -2.29. The number of benzene rings is 1. The minimum atomic E-state index is -0.180. The number of hydrogen-bond donors (Lipinski definition) is 2. The summed E-state index contributed by atoms with van der Waals surface area (Å²) in [6, 6.07) is 10.6. The number of carbonyl (C=O) groups excluding carboxylic acids is 2. The van der Waals surface area contributed by atoms with Gasteiger partial charge in [-0.25, -0.2) is 4.98 Å². The van der Waals surface area contributed by atoms with Gasteiger partial charge in [-0.05, 0) is 55.7 Å². The van der Waals surface area contributed by atoms with Crippen LogP contribution in [0.15, 0.2) is 42.6 Å². The van der Waals surface area contributed by atoms with E-state index in [9.17, 15) is 9.59 Å². The molecule has 2 heterocycles. The second-order valence-electron chi connectivity index (χ2n) is 6.13. The highest BCUT2D eigenvalue weighted by Crippen LogP contribution is 2.23. The summed E-state index contributed by atoms with van der Waals surface area (Å²) in [6.07, 6.45) is 5.21. The standard InChI is InChI=1S/C19H22N4O2/c1-14(24)21-15-7-9-16(10-8-15)22-19(25)17-6-5-11-20-18(17)23-12-3-2-4-13-23/h5-11H,2-4,12-13H2,1H3,(H,21,24)(H,22,25). The number of pyridine rings is 1. The van der Waals surface area contributed by atoms with Crippen LogP contribution in [-0.4, -0.2) is 29.9 Å². The van der Waals surface area contributed by atoms with Crippen LogP contribution in [0.3, 0.4) is 0 Å². The number of nitrogens with zero attached hydrogens (tertiary/aromatic N) is 2. The van der Waals surface area contributed by atoms with E-state index in [1.165, 1.54) is 13.3 Å². The molecule has 0 atom stereocenters. The molecule has 3 rings (SSSR count). The lowest BCUT2D eigenvalue weighted by Crippen LogP contribution is -2.32. The highest BCUT2D eigenvalue weighted by atomic mass is 16.2. The lowest BCUT2D eigenvalue weighted by atomic mass is 10.1. The maximum absolute atomic E-state index is 12.7. The Kier molecular flexibility index (Phi) is 5.28. The highest BCUT2D eigenvalue weighted by molar-refractivity contribution is 6.07. The summed E-state index contributed by atoms with van der Waals surface area (Å²) >= 11 is 0. The second-order valence-corrected chi connectivity index (χ2v) is 6.13. The first-order valence-electron chi connectivity index (χ1n) is 8.52. The smallest absolute Gasteiger partial charge is 0.259 e. The van der Waals surface area contributed by atoms with Gasteiger partial charge in [0.2, 0.25) is 5.91 Å². The Morgan fingerprint density at radius 1 is 0.960 bits per heavy atom. The third-order valence-corrected chi connectivity index (χ3v) is 4.15. The van der Waals surface area contributed by atoms with E-state index in [1.807, 2.05) is 0 Å². The monoisotopic (exact) mass is 338 g/mol. The Balaban J connectivity index is 1.74. The summed E-state index contributed by atoms with van der Waals surface area (Å²) in [4.78, 5) is 30.4. The van der Waals surface area contributed by atoms with Crippen LogP contribution >= 0.6 is 0 Å². The molecule has 25 heavy (non-hydrogen) atoms. The van der Waals surface area contributed by atoms with Crippen molar-refractivity contribution in [2.75, 3.05) is 28.6 Å². The molecule has 1 fully saturated rings. The van der Waals surface area contributed by atoms with E-state index in [1.54, 1.807) is 42.6 Å². The molecule has 0 radical (unpaired) electrons. The van der Waals surface area contributed by atoms with Crippen molar-refractivity contribution >= 4 is 29.0 Å². The molecule has 0 bridgehead atoms. The third kappa shape index (κ3) is 4.35. The van der Waals surface area contributed by atoms with Crippen molar-refractivity contribution in [1.82, 2.24) is 4.98 Å². The number of nitrogens with one attached hydrogen (secondary N) is 2. The van der Waals surface area contributed by atoms with Crippen LogP contribution in [0.4, 0.5) is 17.2 Å². The first kappa shape index (κ1) is 17.0. The Morgan fingerprint density at radius 3 is 2.24 bits per heavy atom. The summed E-state index contributed by atoms with van der Waals surface area (Å²) < 4.78 is 0. The zero-order chi connectivity index (χ0) is 17.6. The number of rotatable bonds is 4. The number of amides is 2. The van der Waals surface area contributed by atoms with Gasteiger partial charge in [-0.2, -0.15) is 0 Å². The van der Waals surface area contributed by atoms with E-state index in [0.717, 1.165) is 31.7 Å². The lowest BCUT2D eigenvalue weighted by molar-refractivity contribution is -0.114. The van der Waals surface area contributed by atoms with Gasteiger partial charge in [0.15, 0.2) is 0 Å². The molecule has 0 spiro atoms. The van der Waals surface area contributed by atoms with Gasteiger partial charge < -0.3 is 15.5 Å². The molecule has 0 aliphatic carbocycles. The molecule has 6 nitrogen and oxygen atoms in total. The summed E-state index contributed by atoms with van der Waals surface area (Å²) in [5, 5.41) is 5.60. The minimum Gasteiger partial charge on any atom is -0.356 e. The molecule has 0 unspecified atom stereocenters. The van der Waals surface area contributed by atoms with Crippen LogP contribution in [0.25, 0.3) is 0 Å². The van der Waals surface area contributed by atoms with Crippen molar-refractivity contribution < 1.29 is 9.59 Å². The maximum Gasteiger partial charge on any atom is 0.259 e. The van der Waals surface area contributed by atoms with Gasteiger partial charge in [0.1, 0.15) is 5.82 Å². The van der Waals surface area contributed by atoms with Crippen LogP contribution in [0.1, 0.15) is 36.5 Å². The first-order valence-corrected chi connectivity index (χ1v) is 8.52. The molecule has 1 aliphatic rings. The van der Waals surface area contributed by atoms with E-state index in [2.05, 4.69) is 20.5 Å². The molecule has 1 aliphatic heterocycles. The predicted octanol–water partition coefficient (Wildman–Crippen LogP) is 3.28. The third-order valence-electron chi connectivity index (χ3n) is 4.15. The van der Waals surface area contributed by atoms with Crippen molar-refractivity contribution in [3.05, 3.63) is 48.2 Å². The fourth-order valence-electron chi connectivity index (χ4n) is 2.97. The minimum absolute atomic E-state index is 0.127. The van der Waals surface area contributed by atoms with Crippen LogP contribution in [0.5, 0.6) is 0 Å². The number of hydrogen-bond acceptors (Lipinski definition) is 4. The average molecular weight is 338 g/mol. The van der Waals surface area contributed by atoms with Gasteiger partial charge in [-0.1, -0.05) is 0 Å². The quantitative estimate of drug-likeness (QED) is 0.897. The van der Waals surface area contributed by atoms with Crippen molar-refractivity contribution in [1.29, 1.82) is 0 Å². The summed E-state index contributed by atoms with van der Waals surface area (Å²) in [5.41, 5.74) is 1.95. The average Bonchev–Trinajstić information content (AvgIpc) is 2.63. The molecule has 6 heteroatoms. The van der Waals surface area contributed by atoms with Crippen LogP contribution in [0.2, 0.25) is 0 Å². The number of carbonyl (C=O) groups is 2. The summed E-state index contributed by atoms with van der Waals surface area (Å²) in [7, 11) is 0. The zero-order valence-electron chi connectivity index (χ0n) is 14.3. The normalized spacial score (nSPS) is 14.0. The fourth-order valence-corrected chi connectivity index (χ4v) is 2.97. The van der Waals surface area contributed by atoms with Crippen molar-refractivity contribution in [2.24, 2.45) is 0 Å². The maximum atomic E-state index is 12.7. The predicted molar refractivity (Wildman–Crippen MR) is 99.0 cm³/mol. The highest BCUT2D eigenvalue weighted by Gasteiger charge is 2.19. The molecule has 1 saturated heterocycles. The van der Waals surface area contributed by atoms with Crippen LogP contribution in [-0.2, 0) is 4.79 Å². The van der Waals surface area contributed by atoms with E-state index in [0.29, 0.717) is 16.9 Å². The zero-order valence-corrected chi connectivity index (χ0v) is 14.3. The van der Waals surface area contributed by atoms with Gasteiger partial charge >= 0.3 is 0 Å². The van der Waals surface area contributed by atoms with Crippen molar-refractivity contribution in [3.63, 3.8) is 0 Å². The molecule has 130 valence electrons. The van der Waals surface area contributed by atoms with Gasteiger partial charge in [0.25, 0.3) is 5.91 Å². The summed E-state index contributed by atoms with van der Waals surface area (Å²) in [6.45, 7) is 3.33. The Labute approximate surface area is 147 Å². The second kappa shape index (κ2) is 7.79. The fraction of sp³-hybridized carbons (Fsp3) is 0.316. The molecule has 2 N–H and O–H groups in total. The van der Waals surface area contributed by atoms with E-state index < -0.39 is 0 Å². The number of piperidine rings is 1.